The predicted molar refractivity (Wildman–Crippen MR) is 73.0 cm³/mol. The molecule has 20 heavy (non-hydrogen) atoms. The van der Waals surface area contributed by atoms with E-state index in [2.05, 4.69) is 0 Å². The Kier molecular flexibility index (Phi) is 2.61. The molecule has 2 unspecified atom stereocenters. The molecule has 0 aromatic heterocycles. The van der Waals surface area contributed by atoms with E-state index in [-0.39, 0.29) is 41.4 Å². The van der Waals surface area contributed by atoms with Gasteiger partial charge in [0, 0.05) is 5.56 Å². The summed E-state index contributed by atoms with van der Waals surface area (Å²) in [7, 11) is 0. The van der Waals surface area contributed by atoms with Crippen molar-refractivity contribution in [1.82, 2.24) is 4.90 Å². The normalized spacial score (nSPS) is 26.6. The minimum absolute atomic E-state index is 0.135. The number of piperidine rings is 1. The maximum atomic E-state index is 12.2. The molecule has 1 aromatic carbocycles. The number of fused-ring (bicyclic) bond motifs is 1. The molecule has 1 aliphatic heterocycles. The highest BCUT2D eigenvalue weighted by Gasteiger charge is 2.72. The number of amides is 2. The molecule has 1 saturated carbocycles. The van der Waals surface area contributed by atoms with Crippen molar-refractivity contribution in [3.05, 3.63) is 35.4 Å². The standard InChI is InChI=1S/C16H17NO3/c1-9-5-4-6-10(7-9)11(18)8-17-14(19)12-13(15(17)20)16(12,2)3/h4-7,12-13H,8H2,1-3H3. The fraction of sp³-hybridized carbons (Fsp3) is 0.438. The summed E-state index contributed by atoms with van der Waals surface area (Å²) >= 11 is 0. The van der Waals surface area contributed by atoms with Crippen molar-refractivity contribution in [2.24, 2.45) is 17.3 Å². The van der Waals surface area contributed by atoms with Crippen LogP contribution in [0.2, 0.25) is 0 Å². The summed E-state index contributed by atoms with van der Waals surface area (Å²) in [5, 5.41) is 0. The molecule has 0 bridgehead atoms. The van der Waals surface area contributed by atoms with Crippen LogP contribution in [-0.2, 0) is 9.59 Å². The molecule has 1 aromatic rings. The zero-order valence-electron chi connectivity index (χ0n) is 11.8. The third kappa shape index (κ3) is 1.71. The van der Waals surface area contributed by atoms with Gasteiger partial charge in [-0.1, -0.05) is 37.6 Å². The van der Waals surface area contributed by atoms with Gasteiger partial charge in [-0.25, -0.2) is 0 Å². The monoisotopic (exact) mass is 271 g/mol. The Morgan fingerprint density at radius 2 is 1.80 bits per heavy atom. The van der Waals surface area contributed by atoms with Crippen molar-refractivity contribution in [1.29, 1.82) is 0 Å². The summed E-state index contributed by atoms with van der Waals surface area (Å²) in [5.74, 6) is -1.01. The highest BCUT2D eigenvalue weighted by Crippen LogP contribution is 2.63. The maximum absolute atomic E-state index is 12.2. The number of carbonyl (C=O) groups is 3. The van der Waals surface area contributed by atoms with Crippen LogP contribution in [0.3, 0.4) is 0 Å². The van der Waals surface area contributed by atoms with E-state index in [1.807, 2.05) is 26.8 Å². The number of rotatable bonds is 3. The molecule has 2 aliphatic rings. The number of likely N-dealkylation sites (tertiary alicyclic amines) is 1. The Bertz CT molecular complexity index is 608. The molecule has 4 heteroatoms. The molecule has 1 heterocycles. The molecule has 2 amide bonds. The van der Waals surface area contributed by atoms with Crippen LogP contribution in [0.5, 0.6) is 0 Å². The Balaban J connectivity index is 1.76. The highest BCUT2D eigenvalue weighted by molar-refractivity contribution is 6.13. The third-order valence-electron chi connectivity index (χ3n) is 4.53. The topological polar surface area (TPSA) is 54.5 Å². The van der Waals surface area contributed by atoms with E-state index in [0.717, 1.165) is 10.5 Å². The Morgan fingerprint density at radius 1 is 1.20 bits per heavy atom. The first-order chi connectivity index (χ1) is 9.34. The first-order valence-corrected chi connectivity index (χ1v) is 6.79. The van der Waals surface area contributed by atoms with Crippen molar-refractivity contribution in [3.8, 4) is 0 Å². The van der Waals surface area contributed by atoms with Crippen molar-refractivity contribution >= 4 is 17.6 Å². The van der Waals surface area contributed by atoms with Crippen LogP contribution < -0.4 is 0 Å². The van der Waals surface area contributed by atoms with Crippen LogP contribution in [-0.4, -0.2) is 29.0 Å². The molecular weight excluding hydrogens is 254 g/mol. The molecule has 1 aliphatic carbocycles. The number of nitrogens with zero attached hydrogens (tertiary/aromatic N) is 1. The van der Waals surface area contributed by atoms with Gasteiger partial charge < -0.3 is 0 Å². The smallest absolute Gasteiger partial charge is 0.234 e. The van der Waals surface area contributed by atoms with Crippen LogP contribution in [0.15, 0.2) is 24.3 Å². The molecular formula is C16H17NO3. The van der Waals surface area contributed by atoms with E-state index in [1.54, 1.807) is 18.2 Å². The number of hydrogen-bond acceptors (Lipinski definition) is 3. The van der Waals surface area contributed by atoms with Gasteiger partial charge in [0.1, 0.15) is 0 Å². The van der Waals surface area contributed by atoms with E-state index in [1.165, 1.54) is 0 Å². The van der Waals surface area contributed by atoms with Gasteiger partial charge >= 0.3 is 0 Å². The summed E-state index contributed by atoms with van der Waals surface area (Å²) in [6.07, 6.45) is 0. The molecule has 2 atom stereocenters. The highest BCUT2D eigenvalue weighted by atomic mass is 16.2. The zero-order chi connectivity index (χ0) is 14.7. The van der Waals surface area contributed by atoms with Crippen LogP contribution in [0.1, 0.15) is 29.8 Å². The second-order valence-electron chi connectivity index (χ2n) is 6.33. The predicted octanol–water partition coefficient (Wildman–Crippen LogP) is 1.82. The number of Topliss-reactive ketones (excluding diaryl/α,β-unsaturated/α-hetero) is 1. The number of aryl methyl sites for hydroxylation is 1. The molecule has 4 nitrogen and oxygen atoms in total. The van der Waals surface area contributed by atoms with Crippen molar-refractivity contribution in [3.63, 3.8) is 0 Å². The average molecular weight is 271 g/mol. The minimum atomic E-state index is -0.225. The summed E-state index contributed by atoms with van der Waals surface area (Å²) in [6.45, 7) is 5.63. The lowest BCUT2D eigenvalue weighted by atomic mass is 10.0. The first kappa shape index (κ1) is 13.0. The van der Waals surface area contributed by atoms with Crippen LogP contribution in [0.25, 0.3) is 0 Å². The van der Waals surface area contributed by atoms with Gasteiger partial charge in [-0.15, -0.1) is 0 Å². The third-order valence-corrected chi connectivity index (χ3v) is 4.53. The van der Waals surface area contributed by atoms with Gasteiger partial charge in [0.25, 0.3) is 0 Å². The lowest BCUT2D eigenvalue weighted by molar-refractivity contribution is -0.142. The quantitative estimate of drug-likeness (QED) is 0.622. The van der Waals surface area contributed by atoms with Gasteiger partial charge in [0.05, 0.1) is 18.4 Å². The van der Waals surface area contributed by atoms with Gasteiger partial charge in [0.2, 0.25) is 11.8 Å². The lowest BCUT2D eigenvalue weighted by Crippen LogP contribution is -2.39. The summed E-state index contributed by atoms with van der Waals surface area (Å²) in [5.41, 5.74) is 1.31. The van der Waals surface area contributed by atoms with Crippen LogP contribution in [0, 0.1) is 24.2 Å². The van der Waals surface area contributed by atoms with E-state index < -0.39 is 0 Å². The molecule has 1 saturated heterocycles. The van der Waals surface area contributed by atoms with Crippen LogP contribution >= 0.6 is 0 Å². The molecule has 2 fully saturated rings. The van der Waals surface area contributed by atoms with Crippen molar-refractivity contribution in [2.45, 2.75) is 20.8 Å². The Labute approximate surface area is 117 Å². The van der Waals surface area contributed by atoms with Crippen LogP contribution in [0.4, 0.5) is 0 Å². The molecule has 0 spiro atoms. The van der Waals surface area contributed by atoms with Gasteiger partial charge in [-0.05, 0) is 18.4 Å². The minimum Gasteiger partial charge on any atom is -0.292 e. The second kappa shape index (κ2) is 4.01. The lowest BCUT2D eigenvalue weighted by Gasteiger charge is -2.19. The van der Waals surface area contributed by atoms with Gasteiger partial charge in [-0.3, -0.25) is 19.3 Å². The Morgan fingerprint density at radius 3 is 2.35 bits per heavy atom. The number of carbonyl (C=O) groups excluding carboxylic acids is 3. The molecule has 104 valence electrons. The first-order valence-electron chi connectivity index (χ1n) is 6.79. The van der Waals surface area contributed by atoms with Gasteiger partial charge in [0.15, 0.2) is 5.78 Å². The van der Waals surface area contributed by atoms with E-state index in [9.17, 15) is 14.4 Å². The second-order valence-corrected chi connectivity index (χ2v) is 6.33. The maximum Gasteiger partial charge on any atom is 0.234 e. The number of imide groups is 1. The fourth-order valence-corrected chi connectivity index (χ4v) is 3.21. The number of ketones is 1. The van der Waals surface area contributed by atoms with E-state index in [0.29, 0.717) is 5.56 Å². The zero-order valence-corrected chi connectivity index (χ0v) is 11.8. The fourth-order valence-electron chi connectivity index (χ4n) is 3.21. The largest absolute Gasteiger partial charge is 0.292 e. The summed E-state index contributed by atoms with van der Waals surface area (Å²) in [4.78, 5) is 37.6. The molecule has 0 N–H and O–H groups in total. The number of benzene rings is 1. The Hall–Kier alpha value is -1.97. The molecule has 0 radical (unpaired) electrons. The SMILES string of the molecule is Cc1cccc(C(=O)CN2C(=O)C3C(C2=O)C3(C)C)c1. The molecule has 3 rings (SSSR count). The average Bonchev–Trinajstić information content (AvgIpc) is 2.86. The summed E-state index contributed by atoms with van der Waals surface area (Å²) in [6, 6.07) is 7.19. The van der Waals surface area contributed by atoms with Crippen molar-refractivity contribution in [2.75, 3.05) is 6.54 Å². The van der Waals surface area contributed by atoms with Gasteiger partial charge in [-0.2, -0.15) is 0 Å². The van der Waals surface area contributed by atoms with E-state index >= 15 is 0 Å². The van der Waals surface area contributed by atoms with E-state index in [4.69, 9.17) is 0 Å². The number of hydrogen-bond donors (Lipinski definition) is 0. The summed E-state index contributed by atoms with van der Waals surface area (Å²) < 4.78 is 0. The van der Waals surface area contributed by atoms with Crippen molar-refractivity contribution < 1.29 is 14.4 Å².